The van der Waals surface area contributed by atoms with Crippen molar-refractivity contribution in [1.29, 1.82) is 0 Å². The van der Waals surface area contributed by atoms with Crippen LogP contribution >= 0.6 is 12.4 Å². The number of halogens is 1. The summed E-state index contributed by atoms with van der Waals surface area (Å²) in [6, 6.07) is 4.33. The summed E-state index contributed by atoms with van der Waals surface area (Å²) in [6.45, 7) is 12.9. The Morgan fingerprint density at radius 2 is 1.45 bits per heavy atom. The van der Waals surface area contributed by atoms with Gasteiger partial charge in [-0.3, -0.25) is 0 Å². The van der Waals surface area contributed by atoms with Gasteiger partial charge in [-0.05, 0) is 39.9 Å². The molecule has 22 heavy (non-hydrogen) atoms. The van der Waals surface area contributed by atoms with Crippen LogP contribution in [0.3, 0.4) is 0 Å². The summed E-state index contributed by atoms with van der Waals surface area (Å²) < 4.78 is 0. The van der Waals surface area contributed by atoms with E-state index in [1.807, 2.05) is 0 Å². The number of nitrogens with two attached hydrogens (primary N) is 1. The Morgan fingerprint density at radius 1 is 1.05 bits per heavy atom. The second kappa shape index (κ2) is 6.41. The summed E-state index contributed by atoms with van der Waals surface area (Å²) in [4.78, 5) is 0. The van der Waals surface area contributed by atoms with Crippen LogP contribution in [0.15, 0.2) is 12.1 Å². The maximum atomic E-state index is 10.7. The molecule has 0 saturated heterocycles. The Kier molecular flexibility index (Phi) is 5.63. The van der Waals surface area contributed by atoms with E-state index in [0.29, 0.717) is 5.75 Å². The number of hydrogen-bond acceptors (Lipinski definition) is 2. The predicted molar refractivity (Wildman–Crippen MR) is 97.0 cm³/mol. The zero-order chi connectivity index (χ0) is 16.0. The molecule has 1 aromatic rings. The van der Waals surface area contributed by atoms with Gasteiger partial charge in [-0.25, -0.2) is 0 Å². The zero-order valence-electron chi connectivity index (χ0n) is 14.9. The van der Waals surface area contributed by atoms with Gasteiger partial charge in [0.2, 0.25) is 0 Å². The van der Waals surface area contributed by atoms with Crippen molar-refractivity contribution in [2.24, 2.45) is 11.7 Å². The average molecular weight is 326 g/mol. The third-order valence-corrected chi connectivity index (χ3v) is 4.46. The molecule has 2 nitrogen and oxygen atoms in total. The third-order valence-electron chi connectivity index (χ3n) is 4.46. The Hall–Kier alpha value is -0.730. The summed E-state index contributed by atoms with van der Waals surface area (Å²) in [6.07, 6.45) is 3.71. The highest BCUT2D eigenvalue weighted by atomic mass is 35.5. The fourth-order valence-electron chi connectivity index (χ4n) is 2.86. The first kappa shape index (κ1) is 19.3. The van der Waals surface area contributed by atoms with E-state index >= 15 is 0 Å². The number of benzene rings is 1. The van der Waals surface area contributed by atoms with Crippen molar-refractivity contribution in [3.63, 3.8) is 0 Å². The van der Waals surface area contributed by atoms with Crippen molar-refractivity contribution in [2.45, 2.75) is 77.7 Å². The molecule has 0 bridgehead atoms. The molecule has 0 spiro atoms. The number of rotatable bonds is 3. The van der Waals surface area contributed by atoms with Gasteiger partial charge >= 0.3 is 0 Å². The fraction of sp³-hybridized carbons (Fsp3) is 0.684. The highest BCUT2D eigenvalue weighted by Crippen LogP contribution is 2.42. The first-order valence-electron chi connectivity index (χ1n) is 8.13. The highest BCUT2D eigenvalue weighted by Gasteiger charge is 2.29. The zero-order valence-corrected chi connectivity index (χ0v) is 15.7. The SMILES string of the molecule is CC(C)(C)c1cc([C@@H](N)CC2CC2)cc(C(C)(C)C)c1O.Cl. The van der Waals surface area contributed by atoms with E-state index in [9.17, 15) is 5.11 Å². The lowest BCUT2D eigenvalue weighted by atomic mass is 9.77. The van der Waals surface area contributed by atoms with E-state index in [4.69, 9.17) is 5.73 Å². The minimum absolute atomic E-state index is 0. The smallest absolute Gasteiger partial charge is 0.123 e. The molecule has 1 aromatic carbocycles. The van der Waals surface area contributed by atoms with Crippen LogP contribution in [0.25, 0.3) is 0 Å². The van der Waals surface area contributed by atoms with E-state index in [-0.39, 0.29) is 29.3 Å². The van der Waals surface area contributed by atoms with Gasteiger partial charge in [-0.2, -0.15) is 0 Å². The minimum Gasteiger partial charge on any atom is -0.507 e. The molecule has 3 heteroatoms. The van der Waals surface area contributed by atoms with E-state index in [1.165, 1.54) is 18.4 Å². The molecule has 0 aliphatic heterocycles. The van der Waals surface area contributed by atoms with E-state index in [1.54, 1.807) is 0 Å². The van der Waals surface area contributed by atoms with Crippen molar-refractivity contribution in [2.75, 3.05) is 0 Å². The molecule has 3 N–H and O–H groups in total. The third kappa shape index (κ3) is 4.39. The predicted octanol–water partition coefficient (Wildman–Crippen LogP) is 5.21. The van der Waals surface area contributed by atoms with Crippen LogP contribution in [0, 0.1) is 5.92 Å². The minimum atomic E-state index is -0.0839. The lowest BCUT2D eigenvalue weighted by Crippen LogP contribution is -2.20. The van der Waals surface area contributed by atoms with Crippen molar-refractivity contribution in [3.05, 3.63) is 28.8 Å². The molecular formula is C19H32ClNO. The van der Waals surface area contributed by atoms with Crippen LogP contribution in [-0.2, 0) is 10.8 Å². The molecule has 1 aliphatic rings. The Labute approximate surface area is 141 Å². The van der Waals surface area contributed by atoms with Crippen LogP contribution in [-0.4, -0.2) is 5.11 Å². The van der Waals surface area contributed by atoms with Crippen molar-refractivity contribution >= 4 is 12.4 Å². The van der Waals surface area contributed by atoms with E-state index < -0.39 is 0 Å². The molecule has 0 heterocycles. The van der Waals surface area contributed by atoms with Crippen LogP contribution in [0.1, 0.15) is 83.5 Å². The second-order valence-corrected chi connectivity index (χ2v) is 8.75. The summed E-state index contributed by atoms with van der Waals surface area (Å²) in [5, 5.41) is 10.7. The van der Waals surface area contributed by atoms with Crippen LogP contribution < -0.4 is 5.73 Å². The largest absolute Gasteiger partial charge is 0.507 e. The lowest BCUT2D eigenvalue weighted by molar-refractivity contribution is 0.421. The molecule has 1 aliphatic carbocycles. The maximum Gasteiger partial charge on any atom is 0.123 e. The van der Waals surface area contributed by atoms with Crippen LogP contribution in [0.4, 0.5) is 0 Å². The molecule has 1 saturated carbocycles. The number of phenols is 1. The molecule has 0 unspecified atom stereocenters. The fourth-order valence-corrected chi connectivity index (χ4v) is 2.86. The van der Waals surface area contributed by atoms with Gasteiger partial charge in [-0.1, -0.05) is 66.5 Å². The normalized spacial score (nSPS) is 17.0. The molecule has 126 valence electrons. The van der Waals surface area contributed by atoms with Crippen molar-refractivity contribution < 1.29 is 5.11 Å². The summed E-state index contributed by atoms with van der Waals surface area (Å²) >= 11 is 0. The van der Waals surface area contributed by atoms with E-state index in [2.05, 4.69) is 53.7 Å². The average Bonchev–Trinajstić information content (AvgIpc) is 3.09. The van der Waals surface area contributed by atoms with Gasteiger partial charge in [0, 0.05) is 6.04 Å². The van der Waals surface area contributed by atoms with Crippen molar-refractivity contribution in [1.82, 2.24) is 0 Å². The number of hydrogen-bond donors (Lipinski definition) is 2. The maximum absolute atomic E-state index is 10.7. The summed E-state index contributed by atoms with van der Waals surface area (Å²) in [5.41, 5.74) is 9.46. The Morgan fingerprint density at radius 3 is 1.77 bits per heavy atom. The molecule has 1 fully saturated rings. The number of aromatic hydroxyl groups is 1. The van der Waals surface area contributed by atoms with Gasteiger partial charge in [-0.15, -0.1) is 12.4 Å². The van der Waals surface area contributed by atoms with Gasteiger partial charge < -0.3 is 10.8 Å². The molecular weight excluding hydrogens is 294 g/mol. The highest BCUT2D eigenvalue weighted by molar-refractivity contribution is 5.85. The molecule has 2 rings (SSSR count). The molecule has 1 atom stereocenters. The Bertz CT molecular complexity index is 486. The lowest BCUT2D eigenvalue weighted by Gasteiger charge is -2.29. The first-order valence-corrected chi connectivity index (χ1v) is 8.13. The Balaban J connectivity index is 0.00000242. The number of phenolic OH excluding ortho intramolecular Hbond substituents is 1. The van der Waals surface area contributed by atoms with Gasteiger partial charge in [0.25, 0.3) is 0 Å². The quantitative estimate of drug-likeness (QED) is 0.801. The standard InChI is InChI=1S/C19H31NO.ClH/c1-18(2,3)14-10-13(16(20)9-12-7-8-12)11-15(17(14)21)19(4,5)6;/h10-12,16,21H,7-9,20H2,1-6H3;1H/t16-;/m0./s1. The monoisotopic (exact) mass is 325 g/mol. The molecule has 0 aromatic heterocycles. The van der Waals surface area contributed by atoms with Gasteiger partial charge in [0.1, 0.15) is 5.75 Å². The second-order valence-electron chi connectivity index (χ2n) is 8.75. The summed E-state index contributed by atoms with van der Waals surface area (Å²) in [5.74, 6) is 1.25. The van der Waals surface area contributed by atoms with Crippen molar-refractivity contribution in [3.8, 4) is 5.75 Å². The molecule has 0 radical (unpaired) electrons. The molecule has 0 amide bonds. The van der Waals surface area contributed by atoms with E-state index in [0.717, 1.165) is 23.5 Å². The topological polar surface area (TPSA) is 46.2 Å². The van der Waals surface area contributed by atoms with Gasteiger partial charge in [0.15, 0.2) is 0 Å². The first-order chi connectivity index (χ1) is 9.50. The van der Waals surface area contributed by atoms with Gasteiger partial charge in [0.05, 0.1) is 0 Å². The summed E-state index contributed by atoms with van der Waals surface area (Å²) in [7, 11) is 0. The van der Waals surface area contributed by atoms with Crippen LogP contribution in [0.5, 0.6) is 5.75 Å². The van der Waals surface area contributed by atoms with Crippen LogP contribution in [0.2, 0.25) is 0 Å².